The van der Waals surface area contributed by atoms with Gasteiger partial charge in [0, 0.05) is 43.5 Å². The largest absolute Gasteiger partial charge is 0.493 e. The zero-order valence-corrected chi connectivity index (χ0v) is 17.5. The first-order valence-corrected chi connectivity index (χ1v) is 9.75. The van der Waals surface area contributed by atoms with E-state index in [1.165, 1.54) is 22.4 Å². The van der Waals surface area contributed by atoms with Crippen LogP contribution in [0.5, 0.6) is 11.5 Å². The van der Waals surface area contributed by atoms with E-state index in [0.29, 0.717) is 6.04 Å². The molecule has 0 bridgehead atoms. The van der Waals surface area contributed by atoms with Gasteiger partial charge < -0.3 is 14.4 Å². The average Bonchev–Trinajstić information content (AvgIpc) is 2.72. The van der Waals surface area contributed by atoms with E-state index in [4.69, 9.17) is 9.47 Å². The summed E-state index contributed by atoms with van der Waals surface area (Å²) in [4.78, 5) is 16.0. The van der Waals surface area contributed by atoms with Crippen LogP contribution in [0.4, 0.5) is 5.69 Å². The quantitative estimate of drug-likeness (QED) is 0.706. The van der Waals surface area contributed by atoms with E-state index in [1.807, 2.05) is 18.2 Å². The van der Waals surface area contributed by atoms with Crippen molar-refractivity contribution in [3.8, 4) is 11.5 Å². The van der Waals surface area contributed by atoms with Crippen LogP contribution in [0.15, 0.2) is 30.3 Å². The average molecular weight is 383 g/mol. The van der Waals surface area contributed by atoms with Gasteiger partial charge in [0.2, 0.25) is 0 Å². The Morgan fingerprint density at radius 3 is 2.07 bits per heavy atom. The van der Waals surface area contributed by atoms with Crippen LogP contribution in [0, 0.1) is 13.8 Å². The second-order valence-electron chi connectivity index (χ2n) is 7.43. The van der Waals surface area contributed by atoms with E-state index in [0.717, 1.165) is 49.5 Å². The van der Waals surface area contributed by atoms with Crippen molar-refractivity contribution in [3.05, 3.63) is 52.6 Å². The molecule has 28 heavy (non-hydrogen) atoms. The third-order valence-corrected chi connectivity index (χ3v) is 5.72. The number of methoxy groups -OCH3 is 2. The molecule has 1 aliphatic rings. The molecule has 0 saturated carbocycles. The Morgan fingerprint density at radius 2 is 1.54 bits per heavy atom. The van der Waals surface area contributed by atoms with Crippen LogP contribution in [-0.4, -0.2) is 51.6 Å². The molecule has 2 aromatic carbocycles. The fraction of sp³-hybridized carbons (Fsp3) is 0.435. The van der Waals surface area contributed by atoms with Gasteiger partial charge in [0.25, 0.3) is 0 Å². The molecule has 1 saturated heterocycles. The number of anilines is 1. The molecular weight excluding hydrogens is 352 g/mol. The molecule has 1 heterocycles. The third kappa shape index (κ3) is 3.99. The summed E-state index contributed by atoms with van der Waals surface area (Å²) in [7, 11) is 3.33. The lowest BCUT2D eigenvalue weighted by atomic mass is 10.0. The first-order chi connectivity index (χ1) is 13.5. The molecule has 2 aromatic rings. The van der Waals surface area contributed by atoms with Crippen molar-refractivity contribution in [2.75, 3.05) is 45.3 Å². The fourth-order valence-electron chi connectivity index (χ4n) is 4.21. The van der Waals surface area contributed by atoms with E-state index in [9.17, 15) is 4.79 Å². The Kier molecular flexibility index (Phi) is 6.25. The Bertz CT molecular complexity index is 819. The Morgan fingerprint density at radius 1 is 0.929 bits per heavy atom. The molecule has 0 aromatic heterocycles. The molecule has 3 rings (SSSR count). The van der Waals surface area contributed by atoms with Crippen molar-refractivity contribution in [1.82, 2.24) is 4.90 Å². The summed E-state index contributed by atoms with van der Waals surface area (Å²) in [5.41, 5.74) is 5.59. The van der Waals surface area contributed by atoms with E-state index in [-0.39, 0.29) is 0 Å². The van der Waals surface area contributed by atoms with Gasteiger partial charge in [0.1, 0.15) is 6.29 Å². The number of hydrogen-bond donors (Lipinski definition) is 0. The van der Waals surface area contributed by atoms with E-state index >= 15 is 0 Å². The molecule has 0 N–H and O–H groups in total. The minimum Gasteiger partial charge on any atom is -0.493 e. The maximum Gasteiger partial charge on any atom is 0.161 e. The predicted octanol–water partition coefficient (Wildman–Crippen LogP) is 4.02. The SMILES string of the molecule is COc1ccc(C(C)N2CCN(c3c(C)cc(C=O)cc3C)CC2)cc1OC. The van der Waals surface area contributed by atoms with Crippen LogP contribution < -0.4 is 14.4 Å². The fourth-order valence-corrected chi connectivity index (χ4v) is 4.21. The molecule has 1 unspecified atom stereocenters. The first kappa shape index (κ1) is 20.2. The van der Waals surface area contributed by atoms with Gasteiger partial charge in [-0.15, -0.1) is 0 Å². The lowest BCUT2D eigenvalue weighted by molar-refractivity contribution is 0.112. The number of nitrogens with zero attached hydrogens (tertiary/aromatic N) is 2. The number of rotatable bonds is 6. The maximum atomic E-state index is 11.1. The van der Waals surface area contributed by atoms with Gasteiger partial charge in [0.05, 0.1) is 14.2 Å². The van der Waals surface area contributed by atoms with Crippen LogP contribution in [0.2, 0.25) is 0 Å². The summed E-state index contributed by atoms with van der Waals surface area (Å²) in [5, 5.41) is 0. The lowest BCUT2D eigenvalue weighted by Gasteiger charge is -2.40. The van der Waals surface area contributed by atoms with Gasteiger partial charge >= 0.3 is 0 Å². The number of piperazine rings is 1. The normalized spacial score (nSPS) is 16.0. The highest BCUT2D eigenvalue weighted by Crippen LogP contribution is 2.33. The van der Waals surface area contributed by atoms with E-state index in [1.54, 1.807) is 14.2 Å². The third-order valence-electron chi connectivity index (χ3n) is 5.72. The highest BCUT2D eigenvalue weighted by atomic mass is 16.5. The zero-order valence-electron chi connectivity index (χ0n) is 17.5. The van der Waals surface area contributed by atoms with Crippen molar-refractivity contribution in [2.45, 2.75) is 26.8 Å². The van der Waals surface area contributed by atoms with Crippen LogP contribution >= 0.6 is 0 Å². The number of aryl methyl sites for hydroxylation is 2. The minimum absolute atomic E-state index is 0.307. The van der Waals surface area contributed by atoms with Crippen LogP contribution in [-0.2, 0) is 0 Å². The van der Waals surface area contributed by atoms with Crippen molar-refractivity contribution < 1.29 is 14.3 Å². The Hall–Kier alpha value is -2.53. The van der Waals surface area contributed by atoms with Gasteiger partial charge in [0.15, 0.2) is 11.5 Å². The maximum absolute atomic E-state index is 11.1. The van der Waals surface area contributed by atoms with E-state index in [2.05, 4.69) is 42.7 Å². The lowest BCUT2D eigenvalue weighted by Crippen LogP contribution is -2.47. The number of aldehydes is 1. The molecule has 5 heteroatoms. The molecule has 5 nitrogen and oxygen atoms in total. The van der Waals surface area contributed by atoms with Crippen LogP contribution in [0.3, 0.4) is 0 Å². The highest BCUT2D eigenvalue weighted by Gasteiger charge is 2.24. The Labute approximate surface area is 167 Å². The number of benzene rings is 2. The van der Waals surface area contributed by atoms with Crippen molar-refractivity contribution in [1.29, 1.82) is 0 Å². The molecule has 0 aliphatic carbocycles. The number of carbonyl (C=O) groups is 1. The zero-order chi connectivity index (χ0) is 20.3. The van der Waals surface area contributed by atoms with Gasteiger partial charge in [-0.2, -0.15) is 0 Å². The van der Waals surface area contributed by atoms with E-state index < -0.39 is 0 Å². The van der Waals surface area contributed by atoms with Gasteiger partial charge in [-0.05, 0) is 61.7 Å². The number of ether oxygens (including phenoxy) is 2. The van der Waals surface area contributed by atoms with Gasteiger partial charge in [-0.1, -0.05) is 6.07 Å². The number of hydrogen-bond acceptors (Lipinski definition) is 5. The Balaban J connectivity index is 1.71. The monoisotopic (exact) mass is 382 g/mol. The molecule has 0 radical (unpaired) electrons. The van der Waals surface area contributed by atoms with Gasteiger partial charge in [-0.25, -0.2) is 0 Å². The summed E-state index contributed by atoms with van der Waals surface area (Å²) in [6, 6.07) is 10.4. The van der Waals surface area contributed by atoms with Crippen LogP contribution in [0.25, 0.3) is 0 Å². The predicted molar refractivity (Wildman–Crippen MR) is 113 cm³/mol. The van der Waals surface area contributed by atoms with Crippen molar-refractivity contribution in [3.63, 3.8) is 0 Å². The standard InChI is InChI=1S/C23H30N2O3/c1-16-12-19(15-26)13-17(2)23(16)25-10-8-24(9-11-25)18(3)20-6-7-21(27-4)22(14-20)28-5/h6-7,12-15,18H,8-11H2,1-5H3. The van der Waals surface area contributed by atoms with Crippen molar-refractivity contribution >= 4 is 12.0 Å². The molecule has 0 amide bonds. The second kappa shape index (κ2) is 8.65. The highest BCUT2D eigenvalue weighted by molar-refractivity contribution is 5.78. The molecule has 0 spiro atoms. The summed E-state index contributed by atoms with van der Waals surface area (Å²) in [6.45, 7) is 10.3. The first-order valence-electron chi connectivity index (χ1n) is 9.75. The summed E-state index contributed by atoms with van der Waals surface area (Å²) < 4.78 is 10.8. The van der Waals surface area contributed by atoms with Crippen LogP contribution in [0.1, 0.15) is 40.0 Å². The summed E-state index contributed by atoms with van der Waals surface area (Å²) >= 11 is 0. The number of carbonyl (C=O) groups excluding carboxylic acids is 1. The molecular formula is C23H30N2O3. The smallest absolute Gasteiger partial charge is 0.161 e. The molecule has 1 fully saturated rings. The second-order valence-corrected chi connectivity index (χ2v) is 7.43. The molecule has 1 aliphatic heterocycles. The summed E-state index contributed by atoms with van der Waals surface area (Å²) in [5.74, 6) is 1.53. The molecule has 150 valence electrons. The summed E-state index contributed by atoms with van der Waals surface area (Å²) in [6.07, 6.45) is 0.923. The van der Waals surface area contributed by atoms with Gasteiger partial charge in [-0.3, -0.25) is 9.69 Å². The minimum atomic E-state index is 0.307. The molecule has 1 atom stereocenters. The topological polar surface area (TPSA) is 42.0 Å². The van der Waals surface area contributed by atoms with Crippen molar-refractivity contribution in [2.24, 2.45) is 0 Å².